The van der Waals surface area contributed by atoms with Gasteiger partial charge in [-0.05, 0) is 32.7 Å². The van der Waals surface area contributed by atoms with Gasteiger partial charge in [-0.15, -0.1) is 0 Å². The molecule has 0 aliphatic heterocycles. The minimum absolute atomic E-state index is 0.179. The van der Waals surface area contributed by atoms with Gasteiger partial charge in [-0.25, -0.2) is 0 Å². The Kier molecular flexibility index (Phi) is 6.39. The average Bonchev–Trinajstić information content (AvgIpc) is 2.02. The van der Waals surface area contributed by atoms with Crippen LogP contribution in [0.5, 0.6) is 0 Å². The lowest BCUT2D eigenvalue weighted by molar-refractivity contribution is 0.181. The van der Waals surface area contributed by atoms with Crippen LogP contribution in [0.1, 0.15) is 40.5 Å². The third-order valence-electron chi connectivity index (χ3n) is 2.53. The van der Waals surface area contributed by atoms with E-state index in [-0.39, 0.29) is 6.10 Å². The number of aliphatic hydroxyl groups is 1. The first kappa shape index (κ1) is 11.9. The fourth-order valence-electron chi connectivity index (χ4n) is 1.07. The molecule has 12 heavy (non-hydrogen) atoms. The average molecular weight is 173 g/mol. The van der Waals surface area contributed by atoms with Crippen molar-refractivity contribution in [3.05, 3.63) is 0 Å². The third kappa shape index (κ3) is 5.56. The van der Waals surface area contributed by atoms with Crippen LogP contribution in [0.2, 0.25) is 0 Å². The molecule has 0 spiro atoms. The second-order valence-electron chi connectivity index (χ2n) is 3.77. The highest BCUT2D eigenvalue weighted by Gasteiger charge is 2.08. The van der Waals surface area contributed by atoms with Crippen LogP contribution in [-0.2, 0) is 0 Å². The minimum atomic E-state index is -0.179. The molecule has 0 unspecified atom stereocenters. The molecule has 0 aliphatic carbocycles. The lowest BCUT2D eigenvalue weighted by Gasteiger charge is -2.20. The molecule has 0 amide bonds. The first-order valence-corrected chi connectivity index (χ1v) is 4.99. The summed E-state index contributed by atoms with van der Waals surface area (Å²) in [5, 5.41) is 12.4. The summed E-state index contributed by atoms with van der Waals surface area (Å²) < 4.78 is 0. The molecule has 0 rings (SSSR count). The zero-order valence-electron chi connectivity index (χ0n) is 8.80. The first-order valence-electron chi connectivity index (χ1n) is 4.99. The Hall–Kier alpha value is -0.0800. The predicted molar refractivity (Wildman–Crippen MR) is 53.2 cm³/mol. The summed E-state index contributed by atoms with van der Waals surface area (Å²) in [5.74, 6) is 0.721. The number of aliphatic hydroxyl groups excluding tert-OH is 1. The summed E-state index contributed by atoms with van der Waals surface area (Å²) in [5.41, 5.74) is 0. The SMILES string of the molecule is CC[C@@H](C)[C@@H](C)NCC[C@@H](C)O. The summed E-state index contributed by atoms with van der Waals surface area (Å²) in [6, 6.07) is 0.564. The molecule has 0 fully saturated rings. The van der Waals surface area contributed by atoms with Gasteiger partial charge in [0, 0.05) is 6.04 Å². The Balaban J connectivity index is 3.37. The third-order valence-corrected chi connectivity index (χ3v) is 2.53. The van der Waals surface area contributed by atoms with E-state index in [9.17, 15) is 0 Å². The van der Waals surface area contributed by atoms with Crippen molar-refractivity contribution >= 4 is 0 Å². The zero-order chi connectivity index (χ0) is 9.56. The van der Waals surface area contributed by atoms with Gasteiger partial charge in [-0.2, -0.15) is 0 Å². The van der Waals surface area contributed by atoms with Crippen molar-refractivity contribution < 1.29 is 5.11 Å². The smallest absolute Gasteiger partial charge is 0.0524 e. The van der Waals surface area contributed by atoms with E-state index >= 15 is 0 Å². The molecule has 0 heterocycles. The molecule has 2 heteroatoms. The zero-order valence-corrected chi connectivity index (χ0v) is 8.80. The molecule has 3 atom stereocenters. The molecule has 2 N–H and O–H groups in total. The summed E-state index contributed by atoms with van der Waals surface area (Å²) in [6.45, 7) is 9.41. The quantitative estimate of drug-likeness (QED) is 0.641. The van der Waals surface area contributed by atoms with Crippen LogP contribution >= 0.6 is 0 Å². The normalized spacial score (nSPS) is 18.8. The fraction of sp³-hybridized carbons (Fsp3) is 1.00. The number of nitrogens with one attached hydrogen (secondary N) is 1. The van der Waals surface area contributed by atoms with E-state index < -0.39 is 0 Å². The Bertz CT molecular complexity index is 104. The second kappa shape index (κ2) is 6.44. The number of hydrogen-bond donors (Lipinski definition) is 2. The van der Waals surface area contributed by atoms with E-state index in [2.05, 4.69) is 26.1 Å². The van der Waals surface area contributed by atoms with E-state index in [1.807, 2.05) is 6.92 Å². The van der Waals surface area contributed by atoms with Crippen LogP contribution in [0, 0.1) is 5.92 Å². The lowest BCUT2D eigenvalue weighted by Crippen LogP contribution is -2.33. The second-order valence-corrected chi connectivity index (χ2v) is 3.77. The van der Waals surface area contributed by atoms with E-state index in [1.54, 1.807) is 0 Å². The first-order chi connectivity index (χ1) is 5.57. The van der Waals surface area contributed by atoms with Gasteiger partial charge in [0.15, 0.2) is 0 Å². The van der Waals surface area contributed by atoms with Gasteiger partial charge < -0.3 is 10.4 Å². The van der Waals surface area contributed by atoms with Crippen molar-refractivity contribution in [3.8, 4) is 0 Å². The molecule has 0 aromatic rings. The van der Waals surface area contributed by atoms with Crippen LogP contribution in [0.3, 0.4) is 0 Å². The molecule has 0 saturated heterocycles. The maximum atomic E-state index is 9.02. The summed E-state index contributed by atoms with van der Waals surface area (Å²) in [4.78, 5) is 0. The standard InChI is InChI=1S/C10H23NO/c1-5-8(2)10(4)11-7-6-9(3)12/h8-12H,5-7H2,1-4H3/t8-,9-,10-/m1/s1. The van der Waals surface area contributed by atoms with Crippen LogP contribution < -0.4 is 5.32 Å². The highest BCUT2D eigenvalue weighted by atomic mass is 16.3. The largest absolute Gasteiger partial charge is 0.393 e. The van der Waals surface area contributed by atoms with Gasteiger partial charge in [0.05, 0.1) is 6.10 Å². The maximum Gasteiger partial charge on any atom is 0.0524 e. The Morgan fingerprint density at radius 3 is 2.25 bits per heavy atom. The van der Waals surface area contributed by atoms with Crippen molar-refractivity contribution in [1.82, 2.24) is 5.32 Å². The molecular weight excluding hydrogens is 150 g/mol. The summed E-state index contributed by atoms with van der Waals surface area (Å²) in [6.07, 6.45) is 1.88. The fourth-order valence-corrected chi connectivity index (χ4v) is 1.07. The van der Waals surface area contributed by atoms with Crippen molar-refractivity contribution in [2.24, 2.45) is 5.92 Å². The van der Waals surface area contributed by atoms with Crippen LogP contribution in [0.15, 0.2) is 0 Å². The van der Waals surface area contributed by atoms with Gasteiger partial charge in [-0.3, -0.25) is 0 Å². The number of rotatable bonds is 6. The minimum Gasteiger partial charge on any atom is -0.393 e. The van der Waals surface area contributed by atoms with Crippen molar-refractivity contribution in [3.63, 3.8) is 0 Å². The van der Waals surface area contributed by atoms with Crippen molar-refractivity contribution in [1.29, 1.82) is 0 Å². The molecule has 0 bridgehead atoms. The molecule has 74 valence electrons. The topological polar surface area (TPSA) is 32.3 Å². The highest BCUT2D eigenvalue weighted by molar-refractivity contribution is 4.67. The summed E-state index contributed by atoms with van der Waals surface area (Å²) >= 11 is 0. The van der Waals surface area contributed by atoms with Crippen molar-refractivity contribution in [2.45, 2.75) is 52.7 Å². The van der Waals surface area contributed by atoms with Gasteiger partial charge in [-0.1, -0.05) is 20.3 Å². The molecule has 0 aromatic heterocycles. The summed E-state index contributed by atoms with van der Waals surface area (Å²) in [7, 11) is 0. The van der Waals surface area contributed by atoms with Gasteiger partial charge in [0.25, 0.3) is 0 Å². The Morgan fingerprint density at radius 2 is 1.83 bits per heavy atom. The van der Waals surface area contributed by atoms with E-state index in [0.717, 1.165) is 18.9 Å². The van der Waals surface area contributed by atoms with Crippen LogP contribution in [0.4, 0.5) is 0 Å². The molecule has 0 radical (unpaired) electrons. The monoisotopic (exact) mass is 173 g/mol. The Morgan fingerprint density at radius 1 is 1.25 bits per heavy atom. The van der Waals surface area contributed by atoms with Gasteiger partial charge >= 0.3 is 0 Å². The van der Waals surface area contributed by atoms with Gasteiger partial charge in [0.1, 0.15) is 0 Å². The number of hydrogen-bond acceptors (Lipinski definition) is 2. The Labute approximate surface area is 76.4 Å². The van der Waals surface area contributed by atoms with Gasteiger partial charge in [0.2, 0.25) is 0 Å². The van der Waals surface area contributed by atoms with Crippen LogP contribution in [-0.4, -0.2) is 23.8 Å². The highest BCUT2D eigenvalue weighted by Crippen LogP contribution is 2.06. The molecule has 0 aliphatic rings. The van der Waals surface area contributed by atoms with Crippen molar-refractivity contribution in [2.75, 3.05) is 6.54 Å². The molecule has 0 aromatic carbocycles. The predicted octanol–water partition coefficient (Wildman–Crippen LogP) is 1.78. The maximum absolute atomic E-state index is 9.02. The molecule has 0 saturated carbocycles. The van der Waals surface area contributed by atoms with E-state index in [4.69, 9.17) is 5.11 Å². The lowest BCUT2D eigenvalue weighted by atomic mass is 10.0. The molecule has 2 nitrogen and oxygen atoms in total. The van der Waals surface area contributed by atoms with Crippen LogP contribution in [0.25, 0.3) is 0 Å². The van der Waals surface area contributed by atoms with E-state index in [1.165, 1.54) is 6.42 Å². The molecular formula is C10H23NO. The van der Waals surface area contributed by atoms with E-state index in [0.29, 0.717) is 6.04 Å².